The Morgan fingerprint density at radius 1 is 1.04 bits per heavy atom. The number of sulfonamides is 1. The van der Waals surface area contributed by atoms with Crippen LogP contribution in [0.2, 0.25) is 0 Å². The summed E-state index contributed by atoms with van der Waals surface area (Å²) in [5.74, 6) is 0.698. The van der Waals surface area contributed by atoms with Crippen molar-refractivity contribution in [1.82, 2.24) is 10.0 Å². The minimum Gasteiger partial charge on any atom is -0.494 e. The van der Waals surface area contributed by atoms with Gasteiger partial charge in [-0.05, 0) is 50.2 Å². The van der Waals surface area contributed by atoms with Gasteiger partial charge >= 0.3 is 0 Å². The van der Waals surface area contributed by atoms with Crippen LogP contribution < -0.4 is 20.5 Å². The number of rotatable bonds is 13. The second kappa shape index (κ2) is 11.4. The lowest BCUT2D eigenvalue weighted by atomic mass is 10.3. The molecule has 7 heteroatoms. The van der Waals surface area contributed by atoms with Crippen LogP contribution in [0, 0.1) is 0 Å². The fourth-order valence-electron chi connectivity index (χ4n) is 1.97. The highest BCUT2D eigenvalue weighted by Gasteiger charge is 2.12. The number of nitrogens with two attached hydrogens (primary N) is 1. The summed E-state index contributed by atoms with van der Waals surface area (Å²) in [5, 5.41) is 3.13. The molecule has 0 aromatic heterocycles. The average molecular weight is 343 g/mol. The monoisotopic (exact) mass is 343 g/mol. The Bertz CT molecular complexity index is 518. The summed E-state index contributed by atoms with van der Waals surface area (Å²) < 4.78 is 32.4. The Kier molecular flexibility index (Phi) is 9.86. The number of benzene rings is 1. The molecule has 0 bridgehead atoms. The van der Waals surface area contributed by atoms with E-state index in [0.717, 1.165) is 32.2 Å². The molecule has 0 heterocycles. The number of ether oxygens (including phenoxy) is 1. The summed E-state index contributed by atoms with van der Waals surface area (Å²) in [7, 11) is -3.47. The highest BCUT2D eigenvalue weighted by Crippen LogP contribution is 2.16. The topological polar surface area (TPSA) is 93.5 Å². The highest BCUT2D eigenvalue weighted by atomic mass is 32.2. The summed E-state index contributed by atoms with van der Waals surface area (Å²) in [6, 6.07) is 6.53. The molecule has 0 saturated carbocycles. The van der Waals surface area contributed by atoms with Crippen molar-refractivity contribution in [3.63, 3.8) is 0 Å². The number of hydrogen-bond donors (Lipinski definition) is 3. The summed E-state index contributed by atoms with van der Waals surface area (Å²) in [5.41, 5.74) is 5.38. The van der Waals surface area contributed by atoms with Crippen LogP contribution in [-0.4, -0.2) is 41.2 Å². The van der Waals surface area contributed by atoms with E-state index in [1.54, 1.807) is 24.3 Å². The SMILES string of the molecule is CCCCCOc1ccc(S(=O)(=O)NCCNCCCN)cc1. The summed E-state index contributed by atoms with van der Waals surface area (Å²) in [4.78, 5) is 0.250. The lowest BCUT2D eigenvalue weighted by molar-refractivity contribution is 0.306. The van der Waals surface area contributed by atoms with Crippen molar-refractivity contribution in [2.75, 3.05) is 32.8 Å². The van der Waals surface area contributed by atoms with Crippen molar-refractivity contribution in [3.8, 4) is 5.75 Å². The third-order valence-corrected chi connectivity index (χ3v) is 4.78. The molecule has 1 aromatic carbocycles. The van der Waals surface area contributed by atoms with Crippen molar-refractivity contribution in [1.29, 1.82) is 0 Å². The number of hydrogen-bond acceptors (Lipinski definition) is 5. The molecule has 0 spiro atoms. The lowest BCUT2D eigenvalue weighted by Gasteiger charge is -2.09. The largest absolute Gasteiger partial charge is 0.494 e. The molecule has 6 nitrogen and oxygen atoms in total. The summed E-state index contributed by atoms with van der Waals surface area (Å²) >= 11 is 0. The van der Waals surface area contributed by atoms with Crippen LogP contribution in [0.5, 0.6) is 5.75 Å². The van der Waals surface area contributed by atoms with Crippen LogP contribution in [-0.2, 0) is 10.0 Å². The minimum atomic E-state index is -3.47. The van der Waals surface area contributed by atoms with E-state index in [4.69, 9.17) is 10.5 Å². The van der Waals surface area contributed by atoms with Crippen molar-refractivity contribution in [3.05, 3.63) is 24.3 Å². The van der Waals surface area contributed by atoms with Crippen LogP contribution in [0.1, 0.15) is 32.6 Å². The molecule has 0 unspecified atom stereocenters. The maximum atomic E-state index is 12.1. The van der Waals surface area contributed by atoms with Gasteiger partial charge in [0, 0.05) is 13.1 Å². The maximum Gasteiger partial charge on any atom is 0.240 e. The Hall–Kier alpha value is -1.15. The first-order valence-electron chi connectivity index (χ1n) is 8.23. The molecule has 1 rings (SSSR count). The zero-order valence-corrected chi connectivity index (χ0v) is 14.7. The minimum absolute atomic E-state index is 0.250. The van der Waals surface area contributed by atoms with Gasteiger partial charge in [-0.2, -0.15) is 0 Å². The molecule has 0 amide bonds. The highest BCUT2D eigenvalue weighted by molar-refractivity contribution is 7.89. The number of nitrogens with one attached hydrogen (secondary N) is 2. The predicted molar refractivity (Wildman–Crippen MR) is 93.2 cm³/mol. The molecule has 1 aromatic rings. The van der Waals surface area contributed by atoms with Gasteiger partial charge in [0.2, 0.25) is 10.0 Å². The van der Waals surface area contributed by atoms with E-state index in [1.165, 1.54) is 0 Å². The number of unbranched alkanes of at least 4 members (excludes halogenated alkanes) is 2. The van der Waals surface area contributed by atoms with E-state index in [9.17, 15) is 8.42 Å². The molecule has 0 radical (unpaired) electrons. The molecule has 0 saturated heterocycles. The van der Waals surface area contributed by atoms with Crippen molar-refractivity contribution in [2.45, 2.75) is 37.5 Å². The van der Waals surface area contributed by atoms with Gasteiger partial charge in [0.1, 0.15) is 5.75 Å². The molecule has 0 aliphatic rings. The van der Waals surface area contributed by atoms with Gasteiger partial charge in [0.15, 0.2) is 0 Å². The Labute approximate surface area is 139 Å². The molecule has 0 atom stereocenters. The molecular formula is C16H29N3O3S. The third-order valence-electron chi connectivity index (χ3n) is 3.30. The smallest absolute Gasteiger partial charge is 0.240 e. The average Bonchev–Trinajstić information content (AvgIpc) is 2.55. The van der Waals surface area contributed by atoms with Crippen molar-refractivity contribution >= 4 is 10.0 Å². The first kappa shape index (κ1) is 19.9. The van der Waals surface area contributed by atoms with Gasteiger partial charge in [0.25, 0.3) is 0 Å². The normalized spacial score (nSPS) is 11.6. The van der Waals surface area contributed by atoms with E-state index in [0.29, 0.717) is 32.0 Å². The molecule has 0 fully saturated rings. The Morgan fingerprint density at radius 3 is 2.43 bits per heavy atom. The van der Waals surface area contributed by atoms with Crippen molar-refractivity contribution in [2.24, 2.45) is 5.73 Å². The van der Waals surface area contributed by atoms with E-state index < -0.39 is 10.0 Å². The standard InChI is InChI=1S/C16H29N3O3S/c1-2-3-4-14-22-15-6-8-16(9-7-15)23(20,21)19-13-12-18-11-5-10-17/h6-9,18-19H,2-5,10-14,17H2,1H3. The molecule has 0 aliphatic carbocycles. The van der Waals surface area contributed by atoms with Crippen LogP contribution in [0.25, 0.3) is 0 Å². The second-order valence-corrected chi connectivity index (χ2v) is 7.08. The Morgan fingerprint density at radius 2 is 1.78 bits per heavy atom. The fourth-order valence-corrected chi connectivity index (χ4v) is 3.00. The first-order valence-corrected chi connectivity index (χ1v) is 9.71. The summed E-state index contributed by atoms with van der Waals surface area (Å²) in [6.07, 6.45) is 4.17. The predicted octanol–water partition coefficient (Wildman–Crippen LogP) is 1.47. The van der Waals surface area contributed by atoms with Gasteiger partial charge in [0.05, 0.1) is 11.5 Å². The fraction of sp³-hybridized carbons (Fsp3) is 0.625. The van der Waals surface area contributed by atoms with E-state index in [1.807, 2.05) is 0 Å². The van der Waals surface area contributed by atoms with Gasteiger partial charge < -0.3 is 15.8 Å². The van der Waals surface area contributed by atoms with Crippen LogP contribution >= 0.6 is 0 Å². The molecule has 0 aliphatic heterocycles. The maximum absolute atomic E-state index is 12.1. The van der Waals surface area contributed by atoms with Crippen LogP contribution in [0.4, 0.5) is 0 Å². The van der Waals surface area contributed by atoms with Crippen LogP contribution in [0.15, 0.2) is 29.2 Å². The Balaban J connectivity index is 2.38. The first-order chi connectivity index (χ1) is 11.1. The molecule has 23 heavy (non-hydrogen) atoms. The quantitative estimate of drug-likeness (QED) is 0.472. The summed E-state index contributed by atoms with van der Waals surface area (Å²) in [6.45, 7) is 5.15. The third kappa shape index (κ3) is 8.31. The lowest BCUT2D eigenvalue weighted by Crippen LogP contribution is -2.32. The van der Waals surface area contributed by atoms with E-state index in [2.05, 4.69) is 17.0 Å². The zero-order chi connectivity index (χ0) is 17.0. The van der Waals surface area contributed by atoms with E-state index in [-0.39, 0.29) is 4.90 Å². The van der Waals surface area contributed by atoms with Gasteiger partial charge in [-0.3, -0.25) is 0 Å². The van der Waals surface area contributed by atoms with E-state index >= 15 is 0 Å². The molecule has 4 N–H and O–H groups in total. The zero-order valence-electron chi connectivity index (χ0n) is 13.9. The van der Waals surface area contributed by atoms with Crippen molar-refractivity contribution < 1.29 is 13.2 Å². The second-order valence-electron chi connectivity index (χ2n) is 5.32. The molecule has 132 valence electrons. The van der Waals surface area contributed by atoms with Gasteiger partial charge in [-0.25, -0.2) is 13.1 Å². The van der Waals surface area contributed by atoms with Crippen LogP contribution in [0.3, 0.4) is 0 Å². The van der Waals surface area contributed by atoms with Gasteiger partial charge in [-0.15, -0.1) is 0 Å². The molecular weight excluding hydrogens is 314 g/mol. The van der Waals surface area contributed by atoms with Gasteiger partial charge in [-0.1, -0.05) is 19.8 Å².